The van der Waals surface area contributed by atoms with Crippen molar-refractivity contribution in [2.24, 2.45) is 5.10 Å². The van der Waals surface area contributed by atoms with Crippen molar-refractivity contribution in [1.82, 2.24) is 0 Å². The highest BCUT2D eigenvalue weighted by atomic mass is 32.1. The number of hydrogen-bond acceptors (Lipinski definition) is 4. The largest absolute Gasteiger partial charge is 0.463 e. The zero-order valence-corrected chi connectivity index (χ0v) is 12.9. The van der Waals surface area contributed by atoms with E-state index in [1.54, 1.807) is 23.7 Å². The van der Waals surface area contributed by atoms with Crippen LogP contribution in [0.1, 0.15) is 10.6 Å². The van der Waals surface area contributed by atoms with Crippen LogP contribution in [0.2, 0.25) is 0 Å². The normalized spacial score (nSPS) is 16.2. The van der Waals surface area contributed by atoms with E-state index in [-0.39, 0.29) is 5.91 Å². The molecule has 2 aromatic heterocycles. The van der Waals surface area contributed by atoms with Gasteiger partial charge in [0.25, 0.3) is 5.91 Å². The first-order valence-electron chi connectivity index (χ1n) is 7.10. The summed E-state index contributed by atoms with van der Waals surface area (Å²) in [5.41, 5.74) is 1.82. The number of hydrazone groups is 1. The number of hydrogen-bond donors (Lipinski definition) is 0. The molecule has 0 radical (unpaired) electrons. The topological polar surface area (TPSA) is 45.8 Å². The number of thiophene rings is 1. The van der Waals surface area contributed by atoms with Crippen LogP contribution in [0.25, 0.3) is 6.08 Å². The molecule has 3 heterocycles. The Bertz CT molecular complexity index is 879. The predicted molar refractivity (Wildman–Crippen MR) is 91.5 cm³/mol. The van der Waals surface area contributed by atoms with E-state index >= 15 is 0 Å². The molecule has 0 saturated carbocycles. The number of benzene rings is 1. The molecular formula is C18H12N2O2S. The van der Waals surface area contributed by atoms with Gasteiger partial charge in [0, 0.05) is 4.88 Å². The van der Waals surface area contributed by atoms with Gasteiger partial charge < -0.3 is 4.42 Å². The van der Waals surface area contributed by atoms with Crippen molar-refractivity contribution in [1.29, 1.82) is 0 Å². The van der Waals surface area contributed by atoms with Gasteiger partial charge in [-0.25, -0.2) is 0 Å². The fraction of sp³-hybridized carbons (Fsp3) is 0. The summed E-state index contributed by atoms with van der Waals surface area (Å²) in [6, 6.07) is 16.9. The van der Waals surface area contributed by atoms with Crippen LogP contribution < -0.4 is 5.01 Å². The first kappa shape index (κ1) is 13.7. The number of furan rings is 1. The van der Waals surface area contributed by atoms with Crippen LogP contribution in [0.5, 0.6) is 0 Å². The average Bonchev–Trinajstić information content (AvgIpc) is 3.32. The number of para-hydroxylation sites is 1. The third-order valence-electron chi connectivity index (χ3n) is 3.46. The van der Waals surface area contributed by atoms with E-state index in [2.05, 4.69) is 5.10 Å². The lowest BCUT2D eigenvalue weighted by Gasteiger charge is -2.10. The predicted octanol–water partition coefficient (Wildman–Crippen LogP) is 4.18. The summed E-state index contributed by atoms with van der Waals surface area (Å²) in [4.78, 5) is 13.8. The van der Waals surface area contributed by atoms with E-state index in [0.717, 1.165) is 10.6 Å². The molecule has 112 valence electrons. The van der Waals surface area contributed by atoms with Gasteiger partial charge in [0.05, 0.1) is 17.5 Å². The fourth-order valence-corrected chi connectivity index (χ4v) is 3.06. The number of carbonyl (C=O) groups is 1. The highest BCUT2D eigenvalue weighted by molar-refractivity contribution is 7.10. The van der Waals surface area contributed by atoms with Gasteiger partial charge in [0.15, 0.2) is 5.76 Å². The third-order valence-corrected chi connectivity index (χ3v) is 4.28. The molecule has 0 N–H and O–H groups in total. The Labute approximate surface area is 137 Å². The van der Waals surface area contributed by atoms with Crippen molar-refractivity contribution >= 4 is 34.7 Å². The number of carbonyl (C=O) groups excluding carboxylic acids is 1. The Kier molecular flexibility index (Phi) is 3.40. The molecular weight excluding hydrogens is 308 g/mol. The summed E-state index contributed by atoms with van der Waals surface area (Å²) in [5, 5.41) is 7.88. The molecule has 1 aliphatic heterocycles. The summed E-state index contributed by atoms with van der Waals surface area (Å²) in [6.07, 6.45) is 3.44. The summed E-state index contributed by atoms with van der Waals surface area (Å²) in [6.45, 7) is 0. The van der Waals surface area contributed by atoms with Crippen molar-refractivity contribution in [3.63, 3.8) is 0 Å². The number of anilines is 1. The quantitative estimate of drug-likeness (QED) is 0.680. The molecule has 1 aromatic carbocycles. The highest BCUT2D eigenvalue weighted by Crippen LogP contribution is 2.28. The van der Waals surface area contributed by atoms with Crippen LogP contribution in [0.15, 0.2) is 81.3 Å². The van der Waals surface area contributed by atoms with Gasteiger partial charge >= 0.3 is 0 Å². The lowest BCUT2D eigenvalue weighted by molar-refractivity contribution is -0.114. The first-order valence-corrected chi connectivity index (χ1v) is 7.98. The molecule has 4 rings (SSSR count). The Morgan fingerprint density at radius 2 is 1.91 bits per heavy atom. The van der Waals surface area contributed by atoms with Gasteiger partial charge in [-0.2, -0.15) is 10.1 Å². The zero-order valence-electron chi connectivity index (χ0n) is 12.0. The molecule has 1 amide bonds. The minimum absolute atomic E-state index is 0.156. The summed E-state index contributed by atoms with van der Waals surface area (Å²) in [7, 11) is 0. The van der Waals surface area contributed by atoms with Crippen LogP contribution in [0, 0.1) is 0 Å². The standard InChI is InChI=1S/C18H12N2O2S/c21-18-15(12-14-8-5-11-23-14)17(16-9-4-10-22-16)19-20(18)13-6-2-1-3-7-13/h1-12H/b15-12+. The van der Waals surface area contributed by atoms with Crippen LogP contribution >= 0.6 is 11.3 Å². The van der Waals surface area contributed by atoms with E-state index < -0.39 is 0 Å². The molecule has 0 saturated heterocycles. The summed E-state index contributed by atoms with van der Waals surface area (Å²) < 4.78 is 5.45. The molecule has 1 aliphatic rings. The lowest BCUT2D eigenvalue weighted by Crippen LogP contribution is -2.21. The van der Waals surface area contributed by atoms with E-state index in [1.807, 2.05) is 60.0 Å². The van der Waals surface area contributed by atoms with E-state index in [0.29, 0.717) is 17.0 Å². The van der Waals surface area contributed by atoms with Crippen molar-refractivity contribution in [3.8, 4) is 0 Å². The number of rotatable bonds is 3. The monoisotopic (exact) mass is 320 g/mol. The molecule has 0 spiro atoms. The first-order chi connectivity index (χ1) is 11.3. The number of amides is 1. The summed E-state index contributed by atoms with van der Waals surface area (Å²) in [5.74, 6) is 0.426. The maximum atomic E-state index is 12.8. The second kappa shape index (κ2) is 5.70. The molecule has 23 heavy (non-hydrogen) atoms. The van der Waals surface area contributed by atoms with Gasteiger partial charge in [0.1, 0.15) is 5.71 Å². The smallest absolute Gasteiger partial charge is 0.281 e. The zero-order chi connectivity index (χ0) is 15.6. The molecule has 5 heteroatoms. The Morgan fingerprint density at radius 3 is 2.61 bits per heavy atom. The molecule has 0 atom stereocenters. The van der Waals surface area contributed by atoms with Gasteiger partial charge in [0.2, 0.25) is 0 Å². The van der Waals surface area contributed by atoms with Crippen LogP contribution in [0.4, 0.5) is 5.69 Å². The Morgan fingerprint density at radius 1 is 1.04 bits per heavy atom. The highest BCUT2D eigenvalue weighted by Gasteiger charge is 2.33. The van der Waals surface area contributed by atoms with Gasteiger partial charge in [-0.1, -0.05) is 24.3 Å². The third kappa shape index (κ3) is 2.51. The average molecular weight is 320 g/mol. The van der Waals surface area contributed by atoms with Crippen molar-refractivity contribution < 1.29 is 9.21 Å². The van der Waals surface area contributed by atoms with Crippen molar-refractivity contribution in [3.05, 3.63) is 82.5 Å². The summed E-state index contributed by atoms with van der Waals surface area (Å²) >= 11 is 1.58. The maximum absolute atomic E-state index is 12.8. The van der Waals surface area contributed by atoms with Gasteiger partial charge in [-0.05, 0) is 41.8 Å². The van der Waals surface area contributed by atoms with E-state index in [9.17, 15) is 4.79 Å². The Hall–Kier alpha value is -2.92. The SMILES string of the molecule is O=C1/C(=C/c2cccs2)C(c2ccco2)=NN1c1ccccc1. The molecule has 0 bridgehead atoms. The van der Waals surface area contributed by atoms with Crippen molar-refractivity contribution in [2.75, 3.05) is 5.01 Å². The minimum Gasteiger partial charge on any atom is -0.463 e. The number of nitrogens with zero attached hydrogens (tertiary/aromatic N) is 2. The Balaban J connectivity index is 1.82. The fourth-order valence-electron chi connectivity index (χ4n) is 2.40. The molecule has 0 unspecified atom stereocenters. The molecule has 4 nitrogen and oxygen atoms in total. The molecule has 0 fully saturated rings. The minimum atomic E-state index is -0.156. The van der Waals surface area contributed by atoms with Gasteiger partial charge in [-0.3, -0.25) is 4.79 Å². The molecule has 3 aromatic rings. The second-order valence-electron chi connectivity index (χ2n) is 4.95. The van der Waals surface area contributed by atoms with Crippen LogP contribution in [0.3, 0.4) is 0 Å². The maximum Gasteiger partial charge on any atom is 0.281 e. The lowest BCUT2D eigenvalue weighted by atomic mass is 10.1. The van der Waals surface area contributed by atoms with Gasteiger partial charge in [-0.15, -0.1) is 11.3 Å². The van der Waals surface area contributed by atoms with E-state index in [1.165, 1.54) is 5.01 Å². The van der Waals surface area contributed by atoms with Crippen LogP contribution in [-0.4, -0.2) is 11.6 Å². The van der Waals surface area contributed by atoms with Crippen LogP contribution in [-0.2, 0) is 4.79 Å². The molecule has 0 aliphatic carbocycles. The van der Waals surface area contributed by atoms with Crippen molar-refractivity contribution in [2.45, 2.75) is 0 Å². The van der Waals surface area contributed by atoms with E-state index in [4.69, 9.17) is 4.42 Å². The second-order valence-corrected chi connectivity index (χ2v) is 5.93.